The van der Waals surface area contributed by atoms with Crippen LogP contribution in [-0.2, 0) is 0 Å². The van der Waals surface area contributed by atoms with Gasteiger partial charge in [-0.3, -0.25) is 10.1 Å². The van der Waals surface area contributed by atoms with Gasteiger partial charge in [0.15, 0.2) is 0 Å². The van der Waals surface area contributed by atoms with Crippen molar-refractivity contribution in [1.29, 1.82) is 0 Å². The molecular weight excluding hydrogens is 266 g/mol. The Labute approximate surface area is 117 Å². The first kappa shape index (κ1) is 14.1. The Morgan fingerprint density at radius 2 is 2.42 bits per heavy atom. The number of hydrogen-bond donors (Lipinski definition) is 2. The minimum Gasteiger partial charge on any atom is -0.382 e. The van der Waals surface area contributed by atoms with Crippen LogP contribution in [0.25, 0.3) is 0 Å². The number of halogens is 1. The summed E-state index contributed by atoms with van der Waals surface area (Å²) in [5.74, 6) is 0. The molecule has 2 N–H and O–H groups in total. The molecule has 1 aliphatic heterocycles. The van der Waals surface area contributed by atoms with Gasteiger partial charge in [-0.2, -0.15) is 0 Å². The van der Waals surface area contributed by atoms with Crippen LogP contribution in [0.5, 0.6) is 0 Å². The van der Waals surface area contributed by atoms with Crippen LogP contribution in [0, 0.1) is 10.1 Å². The van der Waals surface area contributed by atoms with Crippen molar-refractivity contribution >= 4 is 23.0 Å². The van der Waals surface area contributed by atoms with Gasteiger partial charge in [0.05, 0.1) is 4.92 Å². The first-order valence-electron chi connectivity index (χ1n) is 6.50. The van der Waals surface area contributed by atoms with Gasteiger partial charge in [-0.15, -0.1) is 0 Å². The molecule has 1 saturated heterocycles. The molecular formula is C13H18ClN3O2. The number of anilines is 1. The van der Waals surface area contributed by atoms with E-state index in [0.717, 1.165) is 18.7 Å². The van der Waals surface area contributed by atoms with Crippen LogP contribution in [0.4, 0.5) is 11.4 Å². The maximum atomic E-state index is 10.7. The molecule has 0 saturated carbocycles. The minimum atomic E-state index is -0.474. The van der Waals surface area contributed by atoms with E-state index >= 15 is 0 Å². The van der Waals surface area contributed by atoms with Crippen LogP contribution in [0.1, 0.15) is 26.2 Å². The second kappa shape index (κ2) is 6.21. The first-order chi connectivity index (χ1) is 9.06. The summed E-state index contributed by atoms with van der Waals surface area (Å²) >= 11 is 5.88. The average molecular weight is 284 g/mol. The van der Waals surface area contributed by atoms with Crippen LogP contribution < -0.4 is 10.6 Å². The number of nitro groups is 1. The molecule has 1 aliphatic rings. The van der Waals surface area contributed by atoms with Crippen molar-refractivity contribution in [2.75, 3.05) is 11.9 Å². The lowest BCUT2D eigenvalue weighted by Crippen LogP contribution is -2.29. The van der Waals surface area contributed by atoms with Crippen molar-refractivity contribution in [3.05, 3.63) is 33.3 Å². The van der Waals surface area contributed by atoms with Crippen LogP contribution >= 0.6 is 11.6 Å². The minimum absolute atomic E-state index is 0.0580. The fourth-order valence-electron chi connectivity index (χ4n) is 2.47. The van der Waals surface area contributed by atoms with Crippen molar-refractivity contribution in [1.82, 2.24) is 5.32 Å². The van der Waals surface area contributed by atoms with Crippen molar-refractivity contribution in [3.63, 3.8) is 0 Å². The smallest absolute Gasteiger partial charge is 0.288 e. The standard InChI is InChI=1S/C13H18ClN3O2/c1-9(7-10-3-2-6-15-10)16-11-4-5-13(17(18)19)12(14)8-11/h4-5,8-10,15-16H,2-3,6-7H2,1H3. The van der Waals surface area contributed by atoms with Gasteiger partial charge in [-0.1, -0.05) is 11.6 Å². The van der Waals surface area contributed by atoms with E-state index in [1.165, 1.54) is 18.9 Å². The molecule has 2 rings (SSSR count). The van der Waals surface area contributed by atoms with Crippen LogP contribution in [-0.4, -0.2) is 23.6 Å². The second-order valence-corrected chi connectivity index (χ2v) is 5.40. The maximum Gasteiger partial charge on any atom is 0.288 e. The van der Waals surface area contributed by atoms with E-state index in [2.05, 4.69) is 17.6 Å². The fourth-order valence-corrected chi connectivity index (χ4v) is 2.72. The molecule has 0 aliphatic carbocycles. The monoisotopic (exact) mass is 283 g/mol. The van der Waals surface area contributed by atoms with Gasteiger partial charge < -0.3 is 10.6 Å². The third-order valence-corrected chi connectivity index (χ3v) is 3.66. The zero-order valence-corrected chi connectivity index (χ0v) is 11.6. The lowest BCUT2D eigenvalue weighted by Gasteiger charge is -2.19. The van der Waals surface area contributed by atoms with Crippen molar-refractivity contribution < 1.29 is 4.92 Å². The Hall–Kier alpha value is -1.33. The largest absolute Gasteiger partial charge is 0.382 e. The van der Waals surface area contributed by atoms with Crippen molar-refractivity contribution in [3.8, 4) is 0 Å². The van der Waals surface area contributed by atoms with E-state index in [-0.39, 0.29) is 10.7 Å². The maximum absolute atomic E-state index is 10.7. The summed E-state index contributed by atoms with van der Waals surface area (Å²) in [6.45, 7) is 3.20. The normalized spacial score (nSPS) is 20.2. The predicted molar refractivity (Wildman–Crippen MR) is 76.8 cm³/mol. The lowest BCUT2D eigenvalue weighted by atomic mass is 10.1. The van der Waals surface area contributed by atoms with E-state index in [0.29, 0.717) is 12.1 Å². The molecule has 1 aromatic rings. The quantitative estimate of drug-likeness (QED) is 0.643. The van der Waals surface area contributed by atoms with Gasteiger partial charge in [-0.25, -0.2) is 0 Å². The Kier molecular flexibility index (Phi) is 4.61. The summed E-state index contributed by atoms with van der Waals surface area (Å²) in [6, 6.07) is 5.61. The number of benzene rings is 1. The van der Waals surface area contributed by atoms with Crippen LogP contribution in [0.3, 0.4) is 0 Å². The summed E-state index contributed by atoms with van der Waals surface area (Å²) in [6.07, 6.45) is 3.49. The number of rotatable bonds is 5. The highest BCUT2D eigenvalue weighted by molar-refractivity contribution is 6.32. The third-order valence-electron chi connectivity index (χ3n) is 3.36. The molecule has 2 atom stereocenters. The summed E-state index contributed by atoms with van der Waals surface area (Å²) in [5, 5.41) is 17.6. The lowest BCUT2D eigenvalue weighted by molar-refractivity contribution is -0.384. The van der Waals surface area contributed by atoms with E-state index in [4.69, 9.17) is 11.6 Å². The average Bonchev–Trinajstić information content (AvgIpc) is 2.81. The van der Waals surface area contributed by atoms with Gasteiger partial charge >= 0.3 is 0 Å². The molecule has 2 unspecified atom stereocenters. The molecule has 104 valence electrons. The third kappa shape index (κ3) is 3.81. The fraction of sp³-hybridized carbons (Fsp3) is 0.538. The van der Waals surface area contributed by atoms with E-state index in [9.17, 15) is 10.1 Å². The molecule has 19 heavy (non-hydrogen) atoms. The van der Waals surface area contributed by atoms with Gasteiger partial charge in [-0.05, 0) is 44.9 Å². The molecule has 6 heteroatoms. The number of nitrogens with one attached hydrogen (secondary N) is 2. The van der Waals surface area contributed by atoms with Gasteiger partial charge in [0, 0.05) is 23.8 Å². The van der Waals surface area contributed by atoms with Crippen molar-refractivity contribution in [2.45, 2.75) is 38.3 Å². The molecule has 0 aromatic heterocycles. The first-order valence-corrected chi connectivity index (χ1v) is 6.88. The molecule has 1 aromatic carbocycles. The van der Waals surface area contributed by atoms with E-state index in [1.807, 2.05) is 0 Å². The molecule has 1 heterocycles. The zero-order chi connectivity index (χ0) is 13.8. The van der Waals surface area contributed by atoms with Gasteiger partial charge in [0.2, 0.25) is 0 Å². The Balaban J connectivity index is 1.94. The zero-order valence-electron chi connectivity index (χ0n) is 10.9. The molecule has 0 bridgehead atoms. The van der Waals surface area contributed by atoms with E-state index in [1.54, 1.807) is 12.1 Å². The summed E-state index contributed by atoms with van der Waals surface area (Å²) in [4.78, 5) is 10.2. The summed E-state index contributed by atoms with van der Waals surface area (Å²) in [5.41, 5.74) is 0.762. The molecule has 0 spiro atoms. The molecule has 0 radical (unpaired) electrons. The van der Waals surface area contributed by atoms with Crippen LogP contribution in [0.2, 0.25) is 5.02 Å². The molecule has 5 nitrogen and oxygen atoms in total. The topological polar surface area (TPSA) is 67.2 Å². The predicted octanol–water partition coefficient (Wildman–Crippen LogP) is 3.19. The van der Waals surface area contributed by atoms with Crippen LogP contribution in [0.15, 0.2) is 18.2 Å². The highest BCUT2D eigenvalue weighted by Gasteiger charge is 2.18. The number of hydrogen-bond acceptors (Lipinski definition) is 4. The number of nitro benzene ring substituents is 1. The van der Waals surface area contributed by atoms with Gasteiger partial charge in [0.25, 0.3) is 5.69 Å². The SMILES string of the molecule is CC(CC1CCCN1)Nc1ccc([N+](=O)[O-])c(Cl)c1. The van der Waals surface area contributed by atoms with Crippen molar-refractivity contribution in [2.24, 2.45) is 0 Å². The Morgan fingerprint density at radius 1 is 1.63 bits per heavy atom. The second-order valence-electron chi connectivity index (χ2n) is 5.00. The van der Waals surface area contributed by atoms with E-state index < -0.39 is 4.92 Å². The summed E-state index contributed by atoms with van der Waals surface area (Å²) in [7, 11) is 0. The highest BCUT2D eigenvalue weighted by atomic mass is 35.5. The summed E-state index contributed by atoms with van der Waals surface area (Å²) < 4.78 is 0. The molecule has 0 amide bonds. The Bertz CT molecular complexity index is 461. The Morgan fingerprint density at radius 3 is 3.00 bits per heavy atom. The highest BCUT2D eigenvalue weighted by Crippen LogP contribution is 2.27. The number of nitrogens with zero attached hydrogens (tertiary/aromatic N) is 1. The molecule has 1 fully saturated rings. The van der Waals surface area contributed by atoms with Gasteiger partial charge in [0.1, 0.15) is 5.02 Å².